The van der Waals surface area contributed by atoms with Crippen LogP contribution < -0.4 is 19.7 Å². The van der Waals surface area contributed by atoms with Gasteiger partial charge in [-0.25, -0.2) is 4.39 Å². The summed E-state index contributed by atoms with van der Waals surface area (Å²) in [6.07, 6.45) is 4.18. The molecule has 5 aromatic rings. The van der Waals surface area contributed by atoms with Crippen molar-refractivity contribution in [3.63, 3.8) is 0 Å². The number of ether oxygens (including phenoxy) is 2. The Morgan fingerprint density at radius 1 is 1.00 bits per heavy atom. The van der Waals surface area contributed by atoms with E-state index in [0.717, 1.165) is 31.3 Å². The molecule has 2 unspecified atom stereocenters. The highest BCUT2D eigenvalue weighted by Crippen LogP contribution is 2.38. The van der Waals surface area contributed by atoms with Gasteiger partial charge >= 0.3 is 16.2 Å². The predicted molar refractivity (Wildman–Crippen MR) is 183 cm³/mol. The fraction of sp³-hybridized carbons (Fsp3) is 0.343. The molecule has 4 atom stereocenters. The van der Waals surface area contributed by atoms with Gasteiger partial charge in [-0.2, -0.15) is 18.4 Å². The van der Waals surface area contributed by atoms with Gasteiger partial charge < -0.3 is 19.7 Å². The molecule has 0 aliphatic carbocycles. The van der Waals surface area contributed by atoms with Gasteiger partial charge in [-0.15, -0.1) is 3.89 Å². The molecule has 0 radical (unpaired) electrons. The molecule has 3 aromatic carbocycles. The Kier molecular flexibility index (Phi) is 8.25. The first kappa shape index (κ1) is 32.1. The summed E-state index contributed by atoms with van der Waals surface area (Å²) in [6.45, 7) is 2.27. The summed E-state index contributed by atoms with van der Waals surface area (Å²) >= 11 is 6.60. The van der Waals surface area contributed by atoms with Crippen LogP contribution in [0.1, 0.15) is 19.3 Å². The van der Waals surface area contributed by atoms with Gasteiger partial charge in [0.1, 0.15) is 35.5 Å². The van der Waals surface area contributed by atoms with Gasteiger partial charge in [-0.3, -0.25) is 9.88 Å². The fourth-order valence-corrected chi connectivity index (χ4v) is 8.08. The van der Waals surface area contributed by atoms with E-state index in [1.807, 2.05) is 37.4 Å². The Hall–Kier alpha value is -4.17. The lowest BCUT2D eigenvalue weighted by molar-refractivity contribution is 0.188. The molecule has 0 saturated carbocycles. The van der Waals surface area contributed by atoms with Gasteiger partial charge in [-0.1, -0.05) is 41.9 Å². The van der Waals surface area contributed by atoms with E-state index >= 15 is 4.39 Å². The lowest BCUT2D eigenvalue weighted by atomic mass is 10.0. The van der Waals surface area contributed by atoms with Crippen molar-refractivity contribution in [3.8, 4) is 23.0 Å². The normalized spacial score (nSPS) is 22.7. The molecule has 0 amide bonds. The number of aromatic nitrogens is 3. The SMILES string of the molecule is CN1C[C@H](Oc2ccc(S(=O)(=O)F)cc2)C[C@H]1COc1nc(N2CC3CCC(C2)N3)c2cnc(-c3cccc4cccc(Cl)c34)c(F)c2n1. The number of piperazine rings is 1. The Bertz CT molecular complexity index is 2160. The second kappa shape index (κ2) is 12.6. The third kappa shape index (κ3) is 6.24. The molecule has 0 spiro atoms. The Balaban J connectivity index is 1.09. The van der Waals surface area contributed by atoms with Gasteiger partial charge in [0, 0.05) is 66.3 Å². The van der Waals surface area contributed by atoms with Crippen LogP contribution in [0, 0.1) is 5.82 Å². The maximum Gasteiger partial charge on any atom is 0.332 e. The monoisotopic (exact) mass is 706 g/mol. The van der Waals surface area contributed by atoms with Crippen LogP contribution in [0.2, 0.25) is 5.02 Å². The van der Waals surface area contributed by atoms with Crippen molar-refractivity contribution in [2.75, 3.05) is 38.2 Å². The molecule has 3 fully saturated rings. The van der Waals surface area contributed by atoms with Crippen molar-refractivity contribution in [1.82, 2.24) is 25.2 Å². The maximum absolute atomic E-state index is 16.7. The van der Waals surface area contributed by atoms with E-state index in [1.165, 1.54) is 24.3 Å². The van der Waals surface area contributed by atoms with Gasteiger partial charge in [0.15, 0.2) is 5.82 Å². The zero-order valence-corrected chi connectivity index (χ0v) is 28.1. The molecule has 3 aliphatic rings. The third-order valence-corrected chi connectivity index (χ3v) is 10.9. The van der Waals surface area contributed by atoms with Gasteiger partial charge in [0.05, 0.1) is 10.3 Å². The minimum absolute atomic E-state index is 0.0658. The number of fused-ring (bicyclic) bond motifs is 4. The maximum atomic E-state index is 16.7. The van der Waals surface area contributed by atoms with Crippen LogP contribution in [0.15, 0.2) is 71.8 Å². The van der Waals surface area contributed by atoms with Crippen LogP contribution in [0.5, 0.6) is 11.8 Å². The van der Waals surface area contributed by atoms with Crippen molar-refractivity contribution in [3.05, 3.63) is 77.7 Å². The van der Waals surface area contributed by atoms with E-state index in [2.05, 4.69) is 25.1 Å². The molecule has 2 aromatic heterocycles. The van der Waals surface area contributed by atoms with E-state index in [9.17, 15) is 12.3 Å². The van der Waals surface area contributed by atoms with Crippen molar-refractivity contribution >= 4 is 49.3 Å². The third-order valence-electron chi connectivity index (χ3n) is 9.73. The molecule has 2 bridgehead atoms. The second-order valence-corrected chi connectivity index (χ2v) is 14.7. The molecule has 5 heterocycles. The van der Waals surface area contributed by atoms with E-state index in [0.29, 0.717) is 58.0 Å². The fourth-order valence-electron chi connectivity index (χ4n) is 7.33. The van der Waals surface area contributed by atoms with Crippen LogP contribution in [0.4, 0.5) is 14.1 Å². The Morgan fingerprint density at radius 2 is 1.73 bits per heavy atom. The van der Waals surface area contributed by atoms with Crippen LogP contribution in [0.25, 0.3) is 32.9 Å². The number of likely N-dealkylation sites (tertiary alicyclic amines) is 1. The van der Waals surface area contributed by atoms with Gasteiger partial charge in [-0.05, 0) is 55.6 Å². The van der Waals surface area contributed by atoms with Crippen LogP contribution in [0.3, 0.4) is 0 Å². The predicted octanol–water partition coefficient (Wildman–Crippen LogP) is 5.77. The molecular formula is C35H33ClF2N6O4S. The molecule has 3 saturated heterocycles. The van der Waals surface area contributed by atoms with Crippen molar-refractivity contribution in [2.45, 2.75) is 48.4 Å². The van der Waals surface area contributed by atoms with Crippen LogP contribution >= 0.6 is 11.6 Å². The molecule has 1 N–H and O–H groups in total. The Labute approximate surface area is 287 Å². The summed E-state index contributed by atoms with van der Waals surface area (Å²) in [5, 5.41) is 6.25. The average molecular weight is 707 g/mol. The number of benzene rings is 3. The molecule has 8 rings (SSSR count). The zero-order valence-electron chi connectivity index (χ0n) is 26.5. The molecule has 49 heavy (non-hydrogen) atoms. The summed E-state index contributed by atoms with van der Waals surface area (Å²) in [7, 11) is -2.83. The first-order chi connectivity index (χ1) is 23.6. The largest absolute Gasteiger partial charge is 0.489 e. The highest BCUT2D eigenvalue weighted by Gasteiger charge is 2.35. The molecule has 14 heteroatoms. The number of likely N-dealkylation sites (N-methyl/N-ethyl adjacent to an activating group) is 1. The van der Waals surface area contributed by atoms with Crippen molar-refractivity contribution in [2.24, 2.45) is 0 Å². The number of nitrogens with one attached hydrogen (secondary N) is 1. The summed E-state index contributed by atoms with van der Waals surface area (Å²) in [5.74, 6) is 0.453. The average Bonchev–Trinajstić information content (AvgIpc) is 3.61. The second-order valence-electron chi connectivity index (χ2n) is 13.0. The quantitative estimate of drug-likeness (QED) is 0.200. The lowest BCUT2D eigenvalue weighted by Gasteiger charge is -2.34. The summed E-state index contributed by atoms with van der Waals surface area (Å²) in [6, 6.07) is 17.0. The first-order valence-electron chi connectivity index (χ1n) is 16.2. The summed E-state index contributed by atoms with van der Waals surface area (Å²) in [5.41, 5.74) is 0.847. The minimum Gasteiger partial charge on any atom is -0.489 e. The molecule has 254 valence electrons. The smallest absolute Gasteiger partial charge is 0.332 e. The van der Waals surface area contributed by atoms with Gasteiger partial charge in [0.2, 0.25) is 0 Å². The highest BCUT2D eigenvalue weighted by molar-refractivity contribution is 7.86. The van der Waals surface area contributed by atoms with Crippen molar-refractivity contribution < 1.29 is 26.2 Å². The number of hydrogen-bond acceptors (Lipinski definition) is 10. The number of anilines is 1. The Morgan fingerprint density at radius 3 is 2.47 bits per heavy atom. The van der Waals surface area contributed by atoms with Crippen LogP contribution in [-0.4, -0.2) is 85.8 Å². The molecular weight excluding hydrogens is 674 g/mol. The number of nitrogens with zero attached hydrogens (tertiary/aromatic N) is 5. The number of rotatable bonds is 8. The number of halogens is 3. The van der Waals surface area contributed by atoms with E-state index in [-0.39, 0.29) is 36.0 Å². The standard InChI is InChI=1S/C35H33ClF2N6O4S/c1-43-18-25(48-24-10-12-26(13-11-24)49(38,45)46)14-23(43)19-47-35-41-33-28(34(42-35)44-16-21-8-9-22(17-44)40-21)15-39-32(31(33)37)27-6-2-4-20-5-3-7-29(36)30(20)27/h2-7,10-13,15,21-23,25,40H,8-9,14,16-19H2,1H3/t21?,22?,23-,25+/m0/s1. The van der Waals surface area contributed by atoms with Crippen molar-refractivity contribution in [1.29, 1.82) is 0 Å². The highest BCUT2D eigenvalue weighted by atomic mass is 35.5. The molecule has 3 aliphatic heterocycles. The van der Waals surface area contributed by atoms with Crippen LogP contribution in [-0.2, 0) is 10.2 Å². The zero-order chi connectivity index (χ0) is 33.9. The number of hydrogen-bond donors (Lipinski definition) is 1. The summed E-state index contributed by atoms with van der Waals surface area (Å²) in [4.78, 5) is 17.9. The lowest BCUT2D eigenvalue weighted by Crippen LogP contribution is -2.51. The number of pyridine rings is 1. The van der Waals surface area contributed by atoms with E-state index in [1.54, 1.807) is 12.3 Å². The molecule has 10 nitrogen and oxygen atoms in total. The topological polar surface area (TPSA) is 110 Å². The van der Waals surface area contributed by atoms with E-state index in [4.69, 9.17) is 26.1 Å². The van der Waals surface area contributed by atoms with Gasteiger partial charge in [0.25, 0.3) is 0 Å². The van der Waals surface area contributed by atoms with E-state index < -0.39 is 20.9 Å². The minimum atomic E-state index is -4.79. The first-order valence-corrected chi connectivity index (χ1v) is 18.0. The summed E-state index contributed by atoms with van der Waals surface area (Å²) < 4.78 is 64.6.